The summed E-state index contributed by atoms with van der Waals surface area (Å²) in [7, 11) is 0. The van der Waals surface area contributed by atoms with Gasteiger partial charge in [-0.25, -0.2) is 4.98 Å². The highest BCUT2D eigenvalue weighted by Crippen LogP contribution is 2.33. The molecule has 23 heavy (non-hydrogen) atoms. The predicted molar refractivity (Wildman–Crippen MR) is 98.7 cm³/mol. The number of aromatic nitrogens is 1. The summed E-state index contributed by atoms with van der Waals surface area (Å²) < 4.78 is -0.855. The fraction of sp³-hybridized carbons (Fsp3) is 0.125. The van der Waals surface area contributed by atoms with Crippen molar-refractivity contribution in [1.82, 2.24) is 4.98 Å². The van der Waals surface area contributed by atoms with Gasteiger partial charge in [-0.1, -0.05) is 46.9 Å². The molecule has 0 atom stereocenters. The Morgan fingerprint density at radius 2 is 1.91 bits per heavy atom. The van der Waals surface area contributed by atoms with Crippen molar-refractivity contribution in [2.24, 2.45) is 0 Å². The van der Waals surface area contributed by atoms with Crippen LogP contribution in [0.1, 0.15) is 5.56 Å². The largest absolute Gasteiger partial charge is 0.322 e. The lowest BCUT2D eigenvalue weighted by atomic mass is 10.1. The topological polar surface area (TPSA) is 42.0 Å². The molecular formula is C16H11Cl3N2OS. The van der Waals surface area contributed by atoms with Gasteiger partial charge in [0.05, 0.1) is 10.2 Å². The molecule has 0 radical (unpaired) electrons. The molecule has 1 amide bonds. The minimum Gasteiger partial charge on any atom is -0.322 e. The number of thiazole rings is 1. The SMILES string of the molecule is Cc1cc(-c2nc3ccccc3s2)ccc1NC(=O)C(Cl)(Cl)Cl. The molecule has 0 saturated heterocycles. The van der Waals surface area contributed by atoms with Gasteiger partial charge in [0.25, 0.3) is 9.70 Å². The first kappa shape index (κ1) is 16.5. The third kappa shape index (κ3) is 3.61. The maximum absolute atomic E-state index is 11.7. The molecule has 0 bridgehead atoms. The average molecular weight is 386 g/mol. The standard InChI is InChI=1S/C16H11Cl3N2OS/c1-9-8-10(6-7-11(9)21-15(22)16(17,18)19)14-20-12-4-2-3-5-13(12)23-14/h2-8H,1H3,(H,21,22). The minimum absolute atomic E-state index is 0.603. The number of hydrogen-bond donors (Lipinski definition) is 1. The summed E-state index contributed by atoms with van der Waals surface area (Å²) in [5.41, 5.74) is 3.42. The number of halogens is 3. The second-order valence-electron chi connectivity index (χ2n) is 4.97. The predicted octanol–water partition coefficient (Wildman–Crippen LogP) is 5.58. The van der Waals surface area contributed by atoms with Gasteiger partial charge >= 0.3 is 0 Å². The molecule has 0 unspecified atom stereocenters. The maximum Gasteiger partial charge on any atom is 0.276 e. The molecule has 7 heteroatoms. The van der Waals surface area contributed by atoms with Crippen molar-refractivity contribution in [3.63, 3.8) is 0 Å². The number of fused-ring (bicyclic) bond motifs is 1. The summed E-state index contributed by atoms with van der Waals surface area (Å²) in [4.78, 5) is 16.4. The summed E-state index contributed by atoms with van der Waals surface area (Å²) >= 11 is 18.3. The van der Waals surface area contributed by atoms with Crippen molar-refractivity contribution in [3.8, 4) is 10.6 Å². The lowest BCUT2D eigenvalue weighted by Crippen LogP contribution is -2.27. The Hall–Kier alpha value is -1.33. The summed E-state index contributed by atoms with van der Waals surface area (Å²) in [6, 6.07) is 13.6. The van der Waals surface area contributed by atoms with E-state index in [4.69, 9.17) is 34.8 Å². The molecule has 118 valence electrons. The number of aryl methyl sites for hydroxylation is 1. The molecule has 0 fully saturated rings. The van der Waals surface area contributed by atoms with Gasteiger partial charge in [0.2, 0.25) is 0 Å². The van der Waals surface area contributed by atoms with Crippen molar-refractivity contribution in [3.05, 3.63) is 48.0 Å². The van der Waals surface area contributed by atoms with E-state index >= 15 is 0 Å². The number of rotatable bonds is 2. The number of carbonyl (C=O) groups excluding carboxylic acids is 1. The zero-order chi connectivity index (χ0) is 16.6. The van der Waals surface area contributed by atoms with E-state index in [0.717, 1.165) is 26.4 Å². The number of alkyl halides is 3. The summed E-state index contributed by atoms with van der Waals surface area (Å²) in [5, 5.41) is 3.53. The van der Waals surface area contributed by atoms with Crippen LogP contribution in [-0.4, -0.2) is 14.7 Å². The van der Waals surface area contributed by atoms with Gasteiger partial charge in [0.1, 0.15) is 5.01 Å². The first-order valence-corrected chi connectivity index (χ1v) is 8.64. The van der Waals surface area contributed by atoms with E-state index in [-0.39, 0.29) is 0 Å². The quantitative estimate of drug-likeness (QED) is 0.585. The van der Waals surface area contributed by atoms with Gasteiger partial charge in [-0.05, 0) is 42.8 Å². The van der Waals surface area contributed by atoms with E-state index in [2.05, 4.69) is 10.3 Å². The first-order valence-electron chi connectivity index (χ1n) is 6.69. The number of carbonyl (C=O) groups is 1. The third-order valence-electron chi connectivity index (χ3n) is 3.27. The molecule has 0 aliphatic heterocycles. The van der Waals surface area contributed by atoms with E-state index < -0.39 is 9.70 Å². The summed E-state index contributed by atoms with van der Waals surface area (Å²) in [6.45, 7) is 1.88. The van der Waals surface area contributed by atoms with Crippen molar-refractivity contribution in [1.29, 1.82) is 0 Å². The van der Waals surface area contributed by atoms with E-state index in [1.807, 2.05) is 43.3 Å². The van der Waals surface area contributed by atoms with Gasteiger partial charge in [0, 0.05) is 11.3 Å². The van der Waals surface area contributed by atoms with Gasteiger partial charge in [0.15, 0.2) is 0 Å². The van der Waals surface area contributed by atoms with E-state index in [1.165, 1.54) is 0 Å². The molecule has 3 rings (SSSR count). The van der Waals surface area contributed by atoms with Crippen LogP contribution in [0.25, 0.3) is 20.8 Å². The maximum atomic E-state index is 11.7. The molecule has 1 N–H and O–H groups in total. The molecule has 2 aromatic carbocycles. The number of nitrogens with one attached hydrogen (secondary N) is 1. The number of nitrogens with zero attached hydrogens (tertiary/aromatic N) is 1. The average Bonchev–Trinajstić information content (AvgIpc) is 2.92. The van der Waals surface area contributed by atoms with Crippen molar-refractivity contribution in [2.45, 2.75) is 10.7 Å². The molecule has 0 aliphatic carbocycles. The van der Waals surface area contributed by atoms with Crippen LogP contribution in [0.4, 0.5) is 5.69 Å². The Kier molecular flexibility index (Phi) is 4.52. The van der Waals surface area contributed by atoms with Crippen LogP contribution in [0.5, 0.6) is 0 Å². The van der Waals surface area contributed by atoms with Crippen molar-refractivity contribution >= 4 is 68.0 Å². The Labute approximate surface area is 152 Å². The van der Waals surface area contributed by atoms with E-state index in [9.17, 15) is 4.79 Å². The molecule has 3 nitrogen and oxygen atoms in total. The molecule has 0 saturated carbocycles. The number of para-hydroxylation sites is 1. The van der Waals surface area contributed by atoms with Gasteiger partial charge in [-0.3, -0.25) is 4.79 Å². The Morgan fingerprint density at radius 1 is 1.17 bits per heavy atom. The second kappa shape index (κ2) is 6.29. The van der Waals surface area contributed by atoms with Crippen LogP contribution in [0, 0.1) is 6.92 Å². The lowest BCUT2D eigenvalue weighted by molar-refractivity contribution is -0.115. The Balaban J connectivity index is 1.91. The number of hydrogen-bond acceptors (Lipinski definition) is 3. The van der Waals surface area contributed by atoms with Crippen LogP contribution in [-0.2, 0) is 4.79 Å². The monoisotopic (exact) mass is 384 g/mol. The first-order chi connectivity index (χ1) is 10.8. The van der Waals surface area contributed by atoms with Gasteiger partial charge < -0.3 is 5.32 Å². The van der Waals surface area contributed by atoms with Crippen LogP contribution in [0.3, 0.4) is 0 Å². The fourth-order valence-corrected chi connectivity index (χ4v) is 3.23. The zero-order valence-corrected chi connectivity index (χ0v) is 15.0. The fourth-order valence-electron chi connectivity index (χ4n) is 2.13. The van der Waals surface area contributed by atoms with E-state index in [1.54, 1.807) is 17.4 Å². The van der Waals surface area contributed by atoms with Crippen LogP contribution in [0.2, 0.25) is 0 Å². The van der Waals surface area contributed by atoms with Gasteiger partial charge in [-0.15, -0.1) is 11.3 Å². The number of amides is 1. The molecule has 0 aliphatic rings. The number of benzene rings is 2. The number of anilines is 1. The van der Waals surface area contributed by atoms with Crippen LogP contribution < -0.4 is 5.32 Å². The Bertz CT molecular complexity index is 853. The minimum atomic E-state index is -1.99. The van der Waals surface area contributed by atoms with Crippen LogP contribution >= 0.6 is 46.1 Å². The highest BCUT2D eigenvalue weighted by molar-refractivity contribution is 7.21. The second-order valence-corrected chi connectivity index (χ2v) is 8.28. The smallest absolute Gasteiger partial charge is 0.276 e. The summed E-state index contributed by atoms with van der Waals surface area (Å²) in [5.74, 6) is -0.682. The van der Waals surface area contributed by atoms with Gasteiger partial charge in [-0.2, -0.15) is 0 Å². The third-order valence-corrected chi connectivity index (χ3v) is 4.87. The van der Waals surface area contributed by atoms with Crippen molar-refractivity contribution < 1.29 is 4.79 Å². The molecular weight excluding hydrogens is 375 g/mol. The molecule has 3 aromatic rings. The lowest BCUT2D eigenvalue weighted by Gasteiger charge is -2.13. The summed E-state index contributed by atoms with van der Waals surface area (Å²) in [6.07, 6.45) is 0. The Morgan fingerprint density at radius 3 is 2.57 bits per heavy atom. The van der Waals surface area contributed by atoms with Crippen molar-refractivity contribution in [2.75, 3.05) is 5.32 Å². The highest BCUT2D eigenvalue weighted by atomic mass is 35.6. The normalized spacial score (nSPS) is 11.7. The highest BCUT2D eigenvalue weighted by Gasteiger charge is 2.30. The van der Waals surface area contributed by atoms with E-state index in [0.29, 0.717) is 5.69 Å². The molecule has 0 spiro atoms. The van der Waals surface area contributed by atoms with Crippen LogP contribution in [0.15, 0.2) is 42.5 Å². The molecule has 1 heterocycles. The molecule has 1 aromatic heterocycles. The zero-order valence-electron chi connectivity index (χ0n) is 11.9.